The van der Waals surface area contributed by atoms with E-state index in [0.29, 0.717) is 0 Å². The van der Waals surface area contributed by atoms with Crippen molar-refractivity contribution >= 4 is 5.91 Å². The maximum atomic E-state index is 13.6. The second-order valence-corrected chi connectivity index (χ2v) is 7.55. The summed E-state index contributed by atoms with van der Waals surface area (Å²) >= 11 is 0. The van der Waals surface area contributed by atoms with Gasteiger partial charge in [0.15, 0.2) is 0 Å². The van der Waals surface area contributed by atoms with E-state index in [1.165, 1.54) is 18.6 Å². The highest BCUT2D eigenvalue weighted by atomic mass is 19.1. The van der Waals surface area contributed by atoms with Crippen LogP contribution in [0.4, 0.5) is 4.39 Å². The Morgan fingerprint density at radius 2 is 1.72 bits per heavy atom. The Morgan fingerprint density at radius 1 is 1.04 bits per heavy atom. The third kappa shape index (κ3) is 3.08. The van der Waals surface area contributed by atoms with Crippen LogP contribution in [0.5, 0.6) is 0 Å². The number of halogens is 1. The van der Waals surface area contributed by atoms with Crippen LogP contribution in [0.1, 0.15) is 50.1 Å². The number of hydrogen-bond donors (Lipinski definition) is 0. The maximum absolute atomic E-state index is 13.6. The number of amides is 1. The Labute approximate surface area is 148 Å². The number of rotatable bonds is 3. The van der Waals surface area contributed by atoms with Gasteiger partial charge in [-0.2, -0.15) is 0 Å². The zero-order chi connectivity index (χ0) is 17.3. The second-order valence-electron chi connectivity index (χ2n) is 7.55. The van der Waals surface area contributed by atoms with Gasteiger partial charge in [-0.1, -0.05) is 31.4 Å². The van der Waals surface area contributed by atoms with Crippen LogP contribution in [0, 0.1) is 5.82 Å². The summed E-state index contributed by atoms with van der Waals surface area (Å²) in [4.78, 5) is 18.0. The van der Waals surface area contributed by atoms with Crippen molar-refractivity contribution in [2.45, 2.75) is 50.1 Å². The molecule has 1 amide bonds. The highest BCUT2D eigenvalue weighted by Gasteiger charge is 2.50. The van der Waals surface area contributed by atoms with Crippen LogP contribution in [0.2, 0.25) is 0 Å². The summed E-state index contributed by atoms with van der Waals surface area (Å²) in [7, 11) is 0. The normalized spacial score (nSPS) is 26.9. The average Bonchev–Trinajstić information content (AvgIpc) is 2.64. The lowest BCUT2D eigenvalue weighted by molar-refractivity contribution is -0.159. The Kier molecular flexibility index (Phi) is 4.78. The molecule has 1 atom stereocenters. The number of ether oxygens (including phenoxy) is 1. The van der Waals surface area contributed by atoms with Crippen molar-refractivity contribution in [1.29, 1.82) is 0 Å². The molecule has 0 N–H and O–H groups in total. The zero-order valence-corrected chi connectivity index (χ0v) is 14.8. The van der Waals surface area contributed by atoms with Gasteiger partial charge in [0.25, 0.3) is 0 Å². The Hall–Kier alpha value is -1.46. The van der Waals surface area contributed by atoms with Crippen molar-refractivity contribution in [3.05, 3.63) is 35.6 Å². The summed E-state index contributed by atoms with van der Waals surface area (Å²) in [5, 5.41) is 0. The first-order valence-corrected chi connectivity index (χ1v) is 9.60. The molecule has 0 bridgehead atoms. The van der Waals surface area contributed by atoms with Gasteiger partial charge in [0, 0.05) is 19.6 Å². The Bertz CT molecular complexity index is 607. The lowest BCUT2D eigenvalue weighted by atomic mass is 9.77. The number of likely N-dealkylation sites (tertiary alicyclic amines) is 1. The summed E-state index contributed by atoms with van der Waals surface area (Å²) in [5.74, 6) is 0.0627. The van der Waals surface area contributed by atoms with Crippen LogP contribution < -0.4 is 0 Å². The summed E-state index contributed by atoms with van der Waals surface area (Å²) in [5.41, 5.74) is 0.703. The van der Waals surface area contributed by atoms with Gasteiger partial charge in [0.05, 0.1) is 19.3 Å². The summed E-state index contributed by atoms with van der Waals surface area (Å²) in [6.07, 6.45) is 6.35. The molecule has 1 aromatic carbocycles. The largest absolute Gasteiger partial charge is 0.379 e. The maximum Gasteiger partial charge on any atom is 0.243 e. The molecule has 0 spiro atoms. The predicted octanol–water partition coefficient (Wildman–Crippen LogP) is 3.13. The fourth-order valence-corrected chi connectivity index (χ4v) is 4.72. The van der Waals surface area contributed by atoms with E-state index < -0.39 is 0 Å². The summed E-state index contributed by atoms with van der Waals surface area (Å²) in [6.45, 7) is 3.95. The number of carbonyl (C=O) groups is 1. The number of carbonyl (C=O) groups excluding carboxylic acids is 1. The summed E-state index contributed by atoms with van der Waals surface area (Å²) < 4.78 is 18.7. The molecule has 136 valence electrons. The van der Waals surface area contributed by atoms with E-state index in [1.807, 2.05) is 17.0 Å². The first kappa shape index (κ1) is 17.0. The van der Waals surface area contributed by atoms with Gasteiger partial charge in [-0.25, -0.2) is 4.39 Å². The van der Waals surface area contributed by atoms with Gasteiger partial charge in [0.2, 0.25) is 5.91 Å². The highest BCUT2D eigenvalue weighted by Crippen LogP contribution is 2.41. The molecule has 3 aliphatic rings. The number of nitrogens with zero attached hydrogens (tertiary/aromatic N) is 2. The van der Waals surface area contributed by atoms with Gasteiger partial charge in [-0.05, 0) is 37.0 Å². The summed E-state index contributed by atoms with van der Waals surface area (Å²) in [6, 6.07) is 6.74. The molecule has 1 aliphatic carbocycles. The molecule has 2 saturated heterocycles. The molecule has 4 rings (SSSR count). The van der Waals surface area contributed by atoms with Gasteiger partial charge in [-0.15, -0.1) is 0 Å². The van der Waals surface area contributed by atoms with Gasteiger partial charge < -0.3 is 9.64 Å². The van der Waals surface area contributed by atoms with E-state index >= 15 is 0 Å². The molecule has 2 aliphatic heterocycles. The van der Waals surface area contributed by atoms with E-state index in [-0.39, 0.29) is 23.3 Å². The molecular formula is C20H27FN2O2. The Morgan fingerprint density at radius 3 is 2.32 bits per heavy atom. The number of hydrogen-bond acceptors (Lipinski definition) is 3. The standard InChI is InChI=1S/C20H27FN2O2/c21-17-6-4-16(5-7-17)18-8-11-23(18)19(24)20(9-2-1-3-10-20)22-12-14-25-15-13-22/h4-7,18H,1-3,8-15H2. The minimum absolute atomic E-state index is 0.105. The van der Waals surface area contributed by atoms with Crippen LogP contribution in [-0.2, 0) is 9.53 Å². The van der Waals surface area contributed by atoms with Crippen LogP contribution in [0.15, 0.2) is 24.3 Å². The SMILES string of the molecule is O=C(N1CCC1c1ccc(F)cc1)C1(N2CCOCC2)CCCCC1. The molecule has 0 aromatic heterocycles. The topological polar surface area (TPSA) is 32.8 Å². The molecule has 25 heavy (non-hydrogen) atoms. The number of benzene rings is 1. The van der Waals surface area contributed by atoms with Crippen LogP contribution in [-0.4, -0.2) is 54.1 Å². The Balaban J connectivity index is 1.56. The van der Waals surface area contributed by atoms with E-state index in [2.05, 4.69) is 4.90 Å². The molecule has 3 fully saturated rings. The minimum Gasteiger partial charge on any atom is -0.379 e. The van der Waals surface area contributed by atoms with Crippen molar-refractivity contribution in [2.24, 2.45) is 0 Å². The number of morpholine rings is 1. The fourth-order valence-electron chi connectivity index (χ4n) is 4.72. The van der Waals surface area contributed by atoms with E-state index in [9.17, 15) is 9.18 Å². The first-order valence-electron chi connectivity index (χ1n) is 9.60. The van der Waals surface area contributed by atoms with Crippen LogP contribution in [0.25, 0.3) is 0 Å². The fraction of sp³-hybridized carbons (Fsp3) is 0.650. The lowest BCUT2D eigenvalue weighted by Crippen LogP contribution is -2.65. The zero-order valence-electron chi connectivity index (χ0n) is 14.8. The minimum atomic E-state index is -0.346. The van der Waals surface area contributed by atoms with Crippen LogP contribution >= 0.6 is 0 Å². The van der Waals surface area contributed by atoms with Crippen molar-refractivity contribution in [3.63, 3.8) is 0 Å². The smallest absolute Gasteiger partial charge is 0.243 e. The molecule has 4 nitrogen and oxygen atoms in total. The monoisotopic (exact) mass is 346 g/mol. The van der Waals surface area contributed by atoms with Gasteiger partial charge in [-0.3, -0.25) is 9.69 Å². The average molecular weight is 346 g/mol. The van der Waals surface area contributed by atoms with Crippen molar-refractivity contribution < 1.29 is 13.9 Å². The third-order valence-electron chi connectivity index (χ3n) is 6.23. The quantitative estimate of drug-likeness (QED) is 0.843. The first-order chi connectivity index (χ1) is 12.2. The van der Waals surface area contributed by atoms with Crippen molar-refractivity contribution in [2.75, 3.05) is 32.8 Å². The van der Waals surface area contributed by atoms with E-state index in [1.54, 1.807) is 0 Å². The van der Waals surface area contributed by atoms with Crippen molar-refractivity contribution in [3.8, 4) is 0 Å². The van der Waals surface area contributed by atoms with Crippen molar-refractivity contribution in [1.82, 2.24) is 9.80 Å². The molecule has 2 heterocycles. The molecule has 5 heteroatoms. The van der Waals surface area contributed by atoms with E-state index in [4.69, 9.17) is 4.74 Å². The molecular weight excluding hydrogens is 319 g/mol. The van der Waals surface area contributed by atoms with Gasteiger partial charge in [0.1, 0.15) is 11.4 Å². The van der Waals surface area contributed by atoms with Crippen LogP contribution in [0.3, 0.4) is 0 Å². The lowest BCUT2D eigenvalue weighted by Gasteiger charge is -2.52. The second kappa shape index (κ2) is 7.04. The predicted molar refractivity (Wildman–Crippen MR) is 93.7 cm³/mol. The molecule has 0 radical (unpaired) electrons. The molecule has 1 unspecified atom stereocenters. The van der Waals surface area contributed by atoms with Gasteiger partial charge >= 0.3 is 0 Å². The third-order valence-corrected chi connectivity index (χ3v) is 6.23. The molecule has 1 aromatic rings. The molecule has 1 saturated carbocycles. The highest BCUT2D eigenvalue weighted by molar-refractivity contribution is 5.87. The van der Waals surface area contributed by atoms with E-state index in [0.717, 1.165) is 70.5 Å².